The van der Waals surface area contributed by atoms with Crippen molar-refractivity contribution in [3.8, 4) is 0 Å². The van der Waals surface area contributed by atoms with Crippen molar-refractivity contribution < 1.29 is 14.7 Å². The molecule has 0 spiro atoms. The molecule has 1 unspecified atom stereocenters. The molecule has 6 heteroatoms. The third-order valence-electron chi connectivity index (χ3n) is 3.56. The summed E-state index contributed by atoms with van der Waals surface area (Å²) in [6, 6.07) is 8.76. The Balaban J connectivity index is 1.92. The highest BCUT2D eigenvalue weighted by molar-refractivity contribution is 6.03. The van der Waals surface area contributed by atoms with E-state index in [1.165, 1.54) is 0 Å². The fraction of sp³-hybridized carbons (Fsp3) is 0.267. The Labute approximate surface area is 121 Å². The quantitative estimate of drug-likeness (QED) is 0.797. The van der Waals surface area contributed by atoms with E-state index >= 15 is 0 Å². The number of anilines is 1. The lowest BCUT2D eigenvalue weighted by atomic mass is 10.1. The van der Waals surface area contributed by atoms with Crippen molar-refractivity contribution >= 4 is 28.6 Å². The zero-order chi connectivity index (χ0) is 14.8. The normalized spacial score (nSPS) is 18.3. The number of amides is 1. The van der Waals surface area contributed by atoms with Gasteiger partial charge in [-0.1, -0.05) is 18.2 Å². The molecule has 0 bridgehead atoms. The Morgan fingerprint density at radius 3 is 2.90 bits per heavy atom. The molecule has 1 fully saturated rings. The van der Waals surface area contributed by atoms with Gasteiger partial charge in [-0.2, -0.15) is 0 Å². The number of nitrogens with one attached hydrogen (secondary N) is 2. The predicted molar refractivity (Wildman–Crippen MR) is 78.4 cm³/mol. The largest absolute Gasteiger partial charge is 0.478 e. The van der Waals surface area contributed by atoms with Gasteiger partial charge in [0.15, 0.2) is 0 Å². The number of carboxylic acids is 1. The van der Waals surface area contributed by atoms with E-state index in [1.807, 2.05) is 6.07 Å². The van der Waals surface area contributed by atoms with Crippen molar-refractivity contribution in [2.24, 2.45) is 0 Å². The molecule has 1 saturated heterocycles. The van der Waals surface area contributed by atoms with Crippen LogP contribution in [0.3, 0.4) is 0 Å². The third kappa shape index (κ3) is 2.79. The summed E-state index contributed by atoms with van der Waals surface area (Å²) in [5.74, 6) is -0.411. The van der Waals surface area contributed by atoms with Crippen LogP contribution in [0.2, 0.25) is 0 Å². The average Bonchev–Trinajstić information content (AvgIpc) is 2.48. The Morgan fingerprint density at radius 2 is 2.19 bits per heavy atom. The van der Waals surface area contributed by atoms with Gasteiger partial charge in [-0.25, -0.2) is 9.78 Å². The molecule has 6 nitrogen and oxygen atoms in total. The predicted octanol–water partition coefficient (Wildman–Crippen LogP) is 1.62. The molecule has 1 amide bonds. The molecule has 1 aliphatic heterocycles. The molecular formula is C15H15N3O3. The van der Waals surface area contributed by atoms with Crippen molar-refractivity contribution in [3.63, 3.8) is 0 Å². The van der Waals surface area contributed by atoms with Crippen LogP contribution in [0, 0.1) is 0 Å². The molecule has 1 aromatic heterocycles. The molecule has 1 aliphatic rings. The second-order valence-electron chi connectivity index (χ2n) is 5.06. The highest BCUT2D eigenvalue weighted by Gasteiger charge is 2.19. The molecule has 3 rings (SSSR count). The molecule has 0 aliphatic carbocycles. The molecule has 0 saturated carbocycles. The second-order valence-corrected chi connectivity index (χ2v) is 5.06. The average molecular weight is 285 g/mol. The number of hydrogen-bond donors (Lipinski definition) is 3. The van der Waals surface area contributed by atoms with Gasteiger partial charge in [0.2, 0.25) is 5.91 Å². The van der Waals surface area contributed by atoms with Crippen molar-refractivity contribution in [2.45, 2.75) is 18.9 Å². The van der Waals surface area contributed by atoms with Crippen molar-refractivity contribution in [3.05, 3.63) is 35.9 Å². The van der Waals surface area contributed by atoms with Crippen LogP contribution in [0.15, 0.2) is 30.3 Å². The topological polar surface area (TPSA) is 91.3 Å². The van der Waals surface area contributed by atoms with Gasteiger partial charge in [0.25, 0.3) is 0 Å². The van der Waals surface area contributed by atoms with Crippen molar-refractivity contribution in [1.29, 1.82) is 0 Å². The van der Waals surface area contributed by atoms with Gasteiger partial charge < -0.3 is 15.7 Å². The van der Waals surface area contributed by atoms with Gasteiger partial charge in [0, 0.05) is 24.4 Å². The van der Waals surface area contributed by atoms with E-state index in [-0.39, 0.29) is 17.5 Å². The lowest BCUT2D eigenvalue weighted by molar-refractivity contribution is -0.122. The first-order valence-corrected chi connectivity index (χ1v) is 6.80. The zero-order valence-electron chi connectivity index (χ0n) is 11.3. The first-order chi connectivity index (χ1) is 10.1. The van der Waals surface area contributed by atoms with E-state index < -0.39 is 5.97 Å². The fourth-order valence-electron chi connectivity index (χ4n) is 2.49. The standard InChI is InChI=1S/C15H15N3O3/c19-14-6-5-9(8-16-14)17-13-7-11(15(20)21)10-3-1-2-4-12(10)18-13/h1-4,7,9H,5-6,8H2,(H,16,19)(H,17,18)(H,20,21). The SMILES string of the molecule is O=C1CCC(Nc2cc(C(=O)O)c3ccccc3n2)CN1. The molecule has 3 N–H and O–H groups in total. The number of carbonyl (C=O) groups is 2. The van der Waals surface area contributed by atoms with Crippen LogP contribution in [-0.2, 0) is 4.79 Å². The van der Waals surface area contributed by atoms with E-state index in [0.29, 0.717) is 36.1 Å². The number of piperidine rings is 1. The Bertz CT molecular complexity index is 704. The molecule has 1 aromatic carbocycles. The van der Waals surface area contributed by atoms with Crippen LogP contribution >= 0.6 is 0 Å². The van der Waals surface area contributed by atoms with Gasteiger partial charge in [0.1, 0.15) is 5.82 Å². The number of para-hydroxylation sites is 1. The molecule has 2 heterocycles. The molecule has 2 aromatic rings. The van der Waals surface area contributed by atoms with Crippen LogP contribution in [0.1, 0.15) is 23.2 Å². The number of aromatic nitrogens is 1. The highest BCUT2D eigenvalue weighted by Crippen LogP contribution is 2.22. The van der Waals surface area contributed by atoms with Crippen LogP contribution in [0.5, 0.6) is 0 Å². The summed E-state index contributed by atoms with van der Waals surface area (Å²) in [6.45, 7) is 0.524. The van der Waals surface area contributed by atoms with E-state index in [2.05, 4.69) is 15.6 Å². The number of nitrogens with zero attached hydrogens (tertiary/aromatic N) is 1. The summed E-state index contributed by atoms with van der Waals surface area (Å²) in [6.07, 6.45) is 1.18. The maximum Gasteiger partial charge on any atom is 0.336 e. The minimum absolute atomic E-state index is 0.0470. The summed E-state index contributed by atoms with van der Waals surface area (Å²) in [4.78, 5) is 27.0. The lowest BCUT2D eigenvalue weighted by Crippen LogP contribution is -2.42. The van der Waals surface area contributed by atoms with Crippen LogP contribution in [0.4, 0.5) is 5.82 Å². The first kappa shape index (κ1) is 13.4. The summed E-state index contributed by atoms with van der Waals surface area (Å²) < 4.78 is 0. The molecular weight excluding hydrogens is 270 g/mol. The van der Waals surface area contributed by atoms with Crippen molar-refractivity contribution in [1.82, 2.24) is 10.3 Å². The number of carboxylic acid groups (broad SMARTS) is 1. The van der Waals surface area contributed by atoms with Crippen molar-refractivity contribution in [2.75, 3.05) is 11.9 Å². The van der Waals surface area contributed by atoms with Gasteiger partial charge in [-0.3, -0.25) is 4.79 Å². The van der Waals surface area contributed by atoms with Crippen LogP contribution in [-0.4, -0.2) is 34.6 Å². The van der Waals surface area contributed by atoms with E-state index in [9.17, 15) is 14.7 Å². The summed E-state index contributed by atoms with van der Waals surface area (Å²) >= 11 is 0. The smallest absolute Gasteiger partial charge is 0.336 e. The second kappa shape index (κ2) is 5.40. The minimum atomic E-state index is -0.978. The van der Waals surface area contributed by atoms with E-state index in [4.69, 9.17) is 0 Å². The highest BCUT2D eigenvalue weighted by atomic mass is 16.4. The summed E-state index contributed by atoms with van der Waals surface area (Å²) in [7, 11) is 0. The Morgan fingerprint density at radius 1 is 1.38 bits per heavy atom. The van der Waals surface area contributed by atoms with Crippen LogP contribution < -0.4 is 10.6 Å². The number of carbonyl (C=O) groups excluding carboxylic acids is 1. The summed E-state index contributed by atoms with van der Waals surface area (Å²) in [5.41, 5.74) is 0.864. The van der Waals surface area contributed by atoms with Gasteiger partial charge in [0.05, 0.1) is 11.1 Å². The molecule has 1 atom stereocenters. The van der Waals surface area contributed by atoms with Gasteiger partial charge in [-0.05, 0) is 18.6 Å². The summed E-state index contributed by atoms with van der Waals surface area (Å²) in [5, 5.41) is 15.9. The molecule has 108 valence electrons. The molecule has 21 heavy (non-hydrogen) atoms. The monoisotopic (exact) mass is 285 g/mol. The van der Waals surface area contributed by atoms with E-state index in [1.54, 1.807) is 24.3 Å². The maximum absolute atomic E-state index is 11.4. The Hall–Kier alpha value is -2.63. The number of benzene rings is 1. The number of hydrogen-bond acceptors (Lipinski definition) is 4. The lowest BCUT2D eigenvalue weighted by Gasteiger charge is -2.24. The zero-order valence-corrected chi connectivity index (χ0v) is 11.3. The number of aromatic carboxylic acids is 1. The van der Waals surface area contributed by atoms with Gasteiger partial charge in [-0.15, -0.1) is 0 Å². The number of pyridine rings is 1. The van der Waals surface area contributed by atoms with Crippen LogP contribution in [0.25, 0.3) is 10.9 Å². The fourth-order valence-corrected chi connectivity index (χ4v) is 2.49. The maximum atomic E-state index is 11.4. The first-order valence-electron chi connectivity index (χ1n) is 6.80. The minimum Gasteiger partial charge on any atom is -0.478 e. The van der Waals surface area contributed by atoms with E-state index in [0.717, 1.165) is 0 Å². The third-order valence-corrected chi connectivity index (χ3v) is 3.56. The molecule has 0 radical (unpaired) electrons. The number of fused-ring (bicyclic) bond motifs is 1. The number of rotatable bonds is 3. The van der Waals surface area contributed by atoms with Gasteiger partial charge >= 0.3 is 5.97 Å². The Kier molecular flexibility index (Phi) is 3.43.